The quantitative estimate of drug-likeness (QED) is 0.608. The fourth-order valence-corrected chi connectivity index (χ4v) is 4.58. The molecule has 0 radical (unpaired) electrons. The molecule has 0 unspecified atom stereocenters. The maximum atomic E-state index is 13.0. The molecule has 8 nitrogen and oxygen atoms in total. The van der Waals surface area contributed by atoms with Gasteiger partial charge in [-0.2, -0.15) is 13.2 Å². The third-order valence-corrected chi connectivity index (χ3v) is 6.62. The number of amides is 3. The number of alkyl halides is 3. The monoisotopic (exact) mass is 505 g/mol. The zero-order chi connectivity index (χ0) is 25.5. The van der Waals surface area contributed by atoms with E-state index in [1.54, 1.807) is 23.1 Å². The molecular formula is C25H30F3N5O3. The van der Waals surface area contributed by atoms with Gasteiger partial charge in [0.15, 0.2) is 0 Å². The Morgan fingerprint density at radius 1 is 1.03 bits per heavy atom. The smallest absolute Gasteiger partial charge is 0.433 e. The lowest BCUT2D eigenvalue weighted by atomic mass is 9.87. The number of urea groups is 1. The molecule has 2 aromatic rings. The van der Waals surface area contributed by atoms with Crippen molar-refractivity contribution in [2.75, 3.05) is 38.1 Å². The maximum Gasteiger partial charge on any atom is 0.433 e. The van der Waals surface area contributed by atoms with Crippen LogP contribution in [0.25, 0.3) is 0 Å². The van der Waals surface area contributed by atoms with Crippen LogP contribution in [0.15, 0.2) is 36.5 Å². The maximum absolute atomic E-state index is 13.0. The number of carbonyl (C=O) groups is 2. The molecule has 1 aromatic heterocycles. The highest BCUT2D eigenvalue weighted by molar-refractivity contribution is 5.95. The first-order valence-corrected chi connectivity index (χ1v) is 12.3. The molecule has 1 N–H and O–H groups in total. The Hall–Kier alpha value is -3.37. The number of halogens is 3. The van der Waals surface area contributed by atoms with E-state index in [0.717, 1.165) is 24.6 Å². The van der Waals surface area contributed by atoms with Gasteiger partial charge < -0.3 is 14.5 Å². The van der Waals surface area contributed by atoms with Crippen LogP contribution in [-0.4, -0.2) is 64.5 Å². The van der Waals surface area contributed by atoms with Gasteiger partial charge in [0.05, 0.1) is 6.61 Å². The predicted octanol–water partition coefficient (Wildman–Crippen LogP) is 4.83. The van der Waals surface area contributed by atoms with Crippen molar-refractivity contribution in [3.05, 3.63) is 47.8 Å². The summed E-state index contributed by atoms with van der Waals surface area (Å²) in [5.74, 6) is 0.801. The number of carbonyl (C=O) groups excluding carboxylic acids is 2. The second-order valence-electron chi connectivity index (χ2n) is 9.14. The summed E-state index contributed by atoms with van der Waals surface area (Å²) in [6.07, 6.45) is 3.77. The van der Waals surface area contributed by atoms with Crippen molar-refractivity contribution >= 4 is 17.9 Å². The van der Waals surface area contributed by atoms with Crippen molar-refractivity contribution in [3.63, 3.8) is 0 Å². The minimum absolute atomic E-state index is 0.158. The third-order valence-electron chi connectivity index (χ3n) is 6.62. The topological polar surface area (TPSA) is 87.7 Å². The summed E-state index contributed by atoms with van der Waals surface area (Å²) >= 11 is 0. The summed E-state index contributed by atoms with van der Waals surface area (Å²) in [6.45, 7) is 1.68. The molecule has 1 aliphatic heterocycles. The van der Waals surface area contributed by atoms with E-state index >= 15 is 0 Å². The predicted molar refractivity (Wildman–Crippen MR) is 127 cm³/mol. The zero-order valence-corrected chi connectivity index (χ0v) is 20.0. The van der Waals surface area contributed by atoms with Gasteiger partial charge in [0.1, 0.15) is 11.4 Å². The lowest BCUT2D eigenvalue weighted by Crippen LogP contribution is -2.51. The van der Waals surface area contributed by atoms with Gasteiger partial charge >= 0.3 is 12.2 Å². The van der Waals surface area contributed by atoms with E-state index in [9.17, 15) is 22.8 Å². The number of hydrogen-bond donors (Lipinski definition) is 1. The number of ether oxygens (including phenoxy) is 1. The molecule has 2 aliphatic rings. The number of rotatable bonds is 6. The SMILES string of the molecule is O=C(Nc1nccc(C(F)(F)F)n1)N1CCN(C(=O)c2cccc(OCCC3CCCCC3)c2)CC1. The fraction of sp³-hybridized carbons (Fsp3) is 0.520. The second kappa shape index (κ2) is 11.6. The van der Waals surface area contributed by atoms with Gasteiger partial charge in [-0.25, -0.2) is 14.8 Å². The Bertz CT molecular complexity index is 1050. The molecule has 1 aliphatic carbocycles. The largest absolute Gasteiger partial charge is 0.494 e. The summed E-state index contributed by atoms with van der Waals surface area (Å²) < 4.78 is 44.4. The lowest BCUT2D eigenvalue weighted by molar-refractivity contribution is -0.141. The summed E-state index contributed by atoms with van der Waals surface area (Å²) in [4.78, 5) is 35.6. The van der Waals surface area contributed by atoms with E-state index in [4.69, 9.17) is 4.74 Å². The molecule has 2 fully saturated rings. The second-order valence-corrected chi connectivity index (χ2v) is 9.14. The molecule has 194 valence electrons. The van der Waals surface area contributed by atoms with Crippen LogP contribution in [0.3, 0.4) is 0 Å². The van der Waals surface area contributed by atoms with Gasteiger partial charge in [-0.1, -0.05) is 38.2 Å². The Morgan fingerprint density at radius 2 is 1.75 bits per heavy atom. The molecule has 1 saturated heterocycles. The summed E-state index contributed by atoms with van der Waals surface area (Å²) in [5, 5.41) is 2.30. The number of aromatic nitrogens is 2. The van der Waals surface area contributed by atoms with E-state index < -0.39 is 23.8 Å². The highest BCUT2D eigenvalue weighted by Crippen LogP contribution is 2.28. The van der Waals surface area contributed by atoms with E-state index in [1.165, 1.54) is 37.0 Å². The molecule has 1 aromatic carbocycles. The Balaban J connectivity index is 1.26. The molecule has 3 amide bonds. The van der Waals surface area contributed by atoms with Crippen molar-refractivity contribution < 1.29 is 27.5 Å². The van der Waals surface area contributed by atoms with E-state index in [-0.39, 0.29) is 19.0 Å². The standard InChI is InChI=1S/C25H30F3N5O3/c26-25(27,28)21-9-11-29-23(30-21)31-24(35)33-14-12-32(13-15-33)22(34)19-7-4-8-20(17-19)36-16-10-18-5-2-1-3-6-18/h4,7-9,11,17-18H,1-3,5-6,10,12-16H2,(H,29,30,31,35). The van der Waals surface area contributed by atoms with E-state index in [1.807, 2.05) is 6.07 Å². The average molecular weight is 506 g/mol. The van der Waals surface area contributed by atoms with Crippen LogP contribution in [0.5, 0.6) is 5.75 Å². The highest BCUT2D eigenvalue weighted by Gasteiger charge is 2.33. The zero-order valence-electron chi connectivity index (χ0n) is 20.0. The van der Waals surface area contributed by atoms with Crippen LogP contribution in [-0.2, 0) is 6.18 Å². The third kappa shape index (κ3) is 6.86. The molecule has 0 spiro atoms. The Kier molecular flexibility index (Phi) is 8.27. The van der Waals surface area contributed by atoms with Crippen LogP contribution in [0, 0.1) is 5.92 Å². The first kappa shape index (κ1) is 25.7. The normalized spacial score (nSPS) is 17.1. The van der Waals surface area contributed by atoms with Crippen LogP contribution < -0.4 is 10.1 Å². The number of anilines is 1. The van der Waals surface area contributed by atoms with Gasteiger partial charge in [0.25, 0.3) is 5.91 Å². The van der Waals surface area contributed by atoms with E-state index in [2.05, 4.69) is 15.3 Å². The molecule has 36 heavy (non-hydrogen) atoms. The molecule has 2 heterocycles. The summed E-state index contributed by atoms with van der Waals surface area (Å²) in [6, 6.07) is 7.23. The minimum Gasteiger partial charge on any atom is -0.494 e. The van der Waals surface area contributed by atoms with Crippen LogP contribution in [0.4, 0.5) is 23.9 Å². The Labute approximate surface area is 207 Å². The molecular weight excluding hydrogens is 475 g/mol. The number of hydrogen-bond acceptors (Lipinski definition) is 5. The minimum atomic E-state index is -4.63. The van der Waals surface area contributed by atoms with Gasteiger partial charge in [-0.05, 0) is 36.6 Å². The van der Waals surface area contributed by atoms with Crippen molar-refractivity contribution in [2.45, 2.75) is 44.7 Å². The molecule has 0 bridgehead atoms. The first-order chi connectivity index (χ1) is 17.3. The molecule has 0 atom stereocenters. The molecule has 1 saturated carbocycles. The first-order valence-electron chi connectivity index (χ1n) is 12.3. The van der Waals surface area contributed by atoms with Crippen molar-refractivity contribution in [1.82, 2.24) is 19.8 Å². The Morgan fingerprint density at radius 3 is 2.47 bits per heavy atom. The van der Waals surface area contributed by atoms with Gasteiger partial charge in [0, 0.05) is 37.9 Å². The van der Waals surface area contributed by atoms with Gasteiger partial charge in [-0.15, -0.1) is 0 Å². The summed E-state index contributed by atoms with van der Waals surface area (Å²) in [7, 11) is 0. The number of piperazine rings is 1. The van der Waals surface area contributed by atoms with Crippen molar-refractivity contribution in [2.24, 2.45) is 5.92 Å². The lowest BCUT2D eigenvalue weighted by Gasteiger charge is -2.34. The number of nitrogens with one attached hydrogen (secondary N) is 1. The van der Waals surface area contributed by atoms with Crippen LogP contribution in [0.2, 0.25) is 0 Å². The van der Waals surface area contributed by atoms with Crippen LogP contribution in [0.1, 0.15) is 54.6 Å². The fourth-order valence-electron chi connectivity index (χ4n) is 4.58. The molecule has 11 heteroatoms. The van der Waals surface area contributed by atoms with Gasteiger partial charge in [-0.3, -0.25) is 10.1 Å². The average Bonchev–Trinajstić information content (AvgIpc) is 2.89. The van der Waals surface area contributed by atoms with Crippen LogP contribution >= 0.6 is 0 Å². The highest BCUT2D eigenvalue weighted by atomic mass is 19.4. The summed E-state index contributed by atoms with van der Waals surface area (Å²) in [5.41, 5.74) is -0.621. The number of nitrogens with zero attached hydrogens (tertiary/aromatic N) is 4. The van der Waals surface area contributed by atoms with Gasteiger partial charge in [0.2, 0.25) is 5.95 Å². The molecule has 4 rings (SSSR count). The van der Waals surface area contributed by atoms with Crippen molar-refractivity contribution in [1.29, 1.82) is 0 Å². The van der Waals surface area contributed by atoms with Crippen molar-refractivity contribution in [3.8, 4) is 5.75 Å². The van der Waals surface area contributed by atoms with E-state index in [0.29, 0.717) is 31.0 Å². The number of benzene rings is 1.